The number of aryl methyl sites for hydroxylation is 2. The summed E-state index contributed by atoms with van der Waals surface area (Å²) >= 11 is 0. The second kappa shape index (κ2) is 6.00. The Hall–Kier alpha value is -1.64. The Morgan fingerprint density at radius 1 is 1.43 bits per heavy atom. The van der Waals surface area contributed by atoms with E-state index >= 15 is 0 Å². The fourth-order valence-electron chi connectivity index (χ4n) is 2.11. The normalized spacial score (nSPS) is 21.4. The lowest BCUT2D eigenvalue weighted by atomic mass is 10.1. The van der Waals surface area contributed by atoms with E-state index in [0.717, 1.165) is 11.1 Å². The summed E-state index contributed by atoms with van der Waals surface area (Å²) < 4.78 is 31.9. The van der Waals surface area contributed by atoms with Gasteiger partial charge < -0.3 is 15.7 Å². The minimum Gasteiger partial charge on any atom is -0.409 e. The van der Waals surface area contributed by atoms with Gasteiger partial charge in [0.15, 0.2) is 5.84 Å². The van der Waals surface area contributed by atoms with Crippen LogP contribution in [0, 0.1) is 13.8 Å². The minimum atomic E-state index is -3.61. The molecule has 1 atom stereocenters. The number of hydrogen-bond donors (Lipinski definition) is 2. The molecule has 1 saturated heterocycles. The molecule has 1 aromatic rings. The average Bonchev–Trinajstić information content (AvgIpc) is 2.49. The van der Waals surface area contributed by atoms with Crippen LogP contribution in [-0.2, 0) is 14.8 Å². The number of amidine groups is 1. The van der Waals surface area contributed by atoms with Crippen molar-refractivity contribution in [3.63, 3.8) is 0 Å². The Bertz CT molecular complexity index is 657. The van der Waals surface area contributed by atoms with Gasteiger partial charge in [0.05, 0.1) is 11.5 Å². The number of nitrogens with zero attached hydrogens (tertiary/aromatic N) is 2. The lowest BCUT2D eigenvalue weighted by Gasteiger charge is -2.31. The molecule has 1 fully saturated rings. The monoisotopic (exact) mass is 313 g/mol. The van der Waals surface area contributed by atoms with Gasteiger partial charge in [-0.05, 0) is 37.1 Å². The third-order valence-corrected chi connectivity index (χ3v) is 5.45. The Kier molecular flexibility index (Phi) is 4.50. The Labute approximate surface area is 124 Å². The highest BCUT2D eigenvalue weighted by Crippen LogP contribution is 2.21. The van der Waals surface area contributed by atoms with Gasteiger partial charge in [-0.25, -0.2) is 8.42 Å². The van der Waals surface area contributed by atoms with Gasteiger partial charge in [-0.3, -0.25) is 0 Å². The molecule has 0 spiro atoms. The van der Waals surface area contributed by atoms with Crippen LogP contribution in [0.15, 0.2) is 28.3 Å². The van der Waals surface area contributed by atoms with Crippen molar-refractivity contribution in [2.75, 3.05) is 19.7 Å². The van der Waals surface area contributed by atoms with Crippen molar-refractivity contribution in [1.29, 1.82) is 0 Å². The second-order valence-electron chi connectivity index (χ2n) is 4.99. The van der Waals surface area contributed by atoms with Crippen molar-refractivity contribution >= 4 is 15.9 Å². The van der Waals surface area contributed by atoms with Gasteiger partial charge in [0.25, 0.3) is 0 Å². The molecule has 0 amide bonds. The molecule has 1 heterocycles. The van der Waals surface area contributed by atoms with Crippen LogP contribution in [0.1, 0.15) is 11.1 Å². The predicted octanol–water partition coefficient (Wildman–Crippen LogP) is 0.439. The molecular weight excluding hydrogens is 294 g/mol. The first-order valence-corrected chi connectivity index (χ1v) is 7.96. The van der Waals surface area contributed by atoms with Gasteiger partial charge in [-0.15, -0.1) is 0 Å². The standard InChI is InChI=1S/C13H19N3O4S/c1-9-3-4-11(7-10(9)2)21(18,19)16-5-6-20-12(8-16)13(14)15-17/h3-4,7,12,17H,5-6,8H2,1-2H3,(H2,14,15). The largest absolute Gasteiger partial charge is 0.409 e. The maximum atomic E-state index is 12.6. The van der Waals surface area contributed by atoms with E-state index in [0.29, 0.717) is 0 Å². The summed E-state index contributed by atoms with van der Waals surface area (Å²) in [6.45, 7) is 4.27. The first kappa shape index (κ1) is 15.7. The molecule has 8 heteroatoms. The number of nitrogens with two attached hydrogens (primary N) is 1. The third kappa shape index (κ3) is 3.17. The lowest BCUT2D eigenvalue weighted by molar-refractivity contribution is 0.0355. The van der Waals surface area contributed by atoms with Crippen LogP contribution in [0.2, 0.25) is 0 Å². The molecule has 1 aliphatic rings. The van der Waals surface area contributed by atoms with Crippen molar-refractivity contribution < 1.29 is 18.4 Å². The Morgan fingerprint density at radius 2 is 2.14 bits per heavy atom. The molecular formula is C13H19N3O4S. The zero-order valence-electron chi connectivity index (χ0n) is 12.0. The number of morpholine rings is 1. The summed E-state index contributed by atoms with van der Waals surface area (Å²) in [5, 5.41) is 11.6. The summed E-state index contributed by atoms with van der Waals surface area (Å²) in [5.41, 5.74) is 7.44. The number of rotatable bonds is 3. The molecule has 7 nitrogen and oxygen atoms in total. The van der Waals surface area contributed by atoms with E-state index in [-0.39, 0.29) is 30.4 Å². The van der Waals surface area contributed by atoms with E-state index in [4.69, 9.17) is 15.7 Å². The maximum absolute atomic E-state index is 12.6. The molecule has 0 radical (unpaired) electrons. The first-order valence-electron chi connectivity index (χ1n) is 6.52. The number of ether oxygens (including phenoxy) is 1. The highest BCUT2D eigenvalue weighted by molar-refractivity contribution is 7.89. The van der Waals surface area contributed by atoms with Crippen LogP contribution in [0.5, 0.6) is 0 Å². The molecule has 0 saturated carbocycles. The van der Waals surface area contributed by atoms with E-state index < -0.39 is 16.1 Å². The number of benzene rings is 1. The van der Waals surface area contributed by atoms with E-state index in [1.165, 1.54) is 4.31 Å². The minimum absolute atomic E-state index is 0.0329. The van der Waals surface area contributed by atoms with E-state index in [9.17, 15) is 8.42 Å². The van der Waals surface area contributed by atoms with Gasteiger partial charge in [-0.2, -0.15) is 4.31 Å². The smallest absolute Gasteiger partial charge is 0.243 e. The lowest BCUT2D eigenvalue weighted by Crippen LogP contribution is -2.50. The molecule has 21 heavy (non-hydrogen) atoms. The van der Waals surface area contributed by atoms with Crippen LogP contribution in [-0.4, -0.2) is 49.6 Å². The molecule has 0 aliphatic carbocycles. The van der Waals surface area contributed by atoms with Gasteiger partial charge >= 0.3 is 0 Å². The fourth-order valence-corrected chi connectivity index (χ4v) is 3.62. The van der Waals surface area contributed by atoms with Crippen LogP contribution in [0.25, 0.3) is 0 Å². The van der Waals surface area contributed by atoms with Crippen LogP contribution in [0.3, 0.4) is 0 Å². The summed E-state index contributed by atoms with van der Waals surface area (Å²) in [7, 11) is -3.61. The summed E-state index contributed by atoms with van der Waals surface area (Å²) in [6.07, 6.45) is -0.731. The van der Waals surface area contributed by atoms with Crippen LogP contribution < -0.4 is 5.73 Å². The zero-order chi connectivity index (χ0) is 15.6. The number of hydrogen-bond acceptors (Lipinski definition) is 5. The van der Waals surface area contributed by atoms with Gasteiger partial charge in [-0.1, -0.05) is 11.2 Å². The fraction of sp³-hybridized carbons (Fsp3) is 0.462. The number of oxime groups is 1. The number of sulfonamides is 1. The Balaban J connectivity index is 2.28. The molecule has 2 rings (SSSR count). The van der Waals surface area contributed by atoms with Crippen LogP contribution >= 0.6 is 0 Å². The maximum Gasteiger partial charge on any atom is 0.243 e. The molecule has 1 unspecified atom stereocenters. The van der Waals surface area contributed by atoms with Crippen LogP contribution in [0.4, 0.5) is 0 Å². The molecule has 1 aromatic carbocycles. The highest BCUT2D eigenvalue weighted by atomic mass is 32.2. The quantitative estimate of drug-likeness (QED) is 0.364. The summed E-state index contributed by atoms with van der Waals surface area (Å²) in [4.78, 5) is 0.241. The van der Waals surface area contributed by atoms with E-state index in [1.54, 1.807) is 18.2 Å². The summed E-state index contributed by atoms with van der Waals surface area (Å²) in [5.74, 6) is -0.130. The van der Waals surface area contributed by atoms with Crippen molar-refractivity contribution in [2.45, 2.75) is 24.8 Å². The van der Waals surface area contributed by atoms with Gasteiger partial charge in [0, 0.05) is 13.1 Å². The van der Waals surface area contributed by atoms with E-state index in [1.807, 2.05) is 13.8 Å². The second-order valence-corrected chi connectivity index (χ2v) is 6.93. The third-order valence-electron chi connectivity index (χ3n) is 3.59. The molecule has 0 aromatic heterocycles. The summed E-state index contributed by atoms with van der Waals surface area (Å²) in [6, 6.07) is 5.02. The van der Waals surface area contributed by atoms with Gasteiger partial charge in [0.2, 0.25) is 10.0 Å². The van der Waals surface area contributed by atoms with Crippen molar-refractivity contribution in [1.82, 2.24) is 4.31 Å². The highest BCUT2D eigenvalue weighted by Gasteiger charge is 2.32. The zero-order valence-corrected chi connectivity index (χ0v) is 12.8. The topological polar surface area (TPSA) is 105 Å². The molecule has 3 N–H and O–H groups in total. The van der Waals surface area contributed by atoms with Crippen molar-refractivity contribution in [3.8, 4) is 0 Å². The van der Waals surface area contributed by atoms with E-state index in [2.05, 4.69) is 5.16 Å². The molecule has 0 bridgehead atoms. The predicted molar refractivity (Wildman–Crippen MR) is 77.8 cm³/mol. The molecule has 116 valence electrons. The average molecular weight is 313 g/mol. The SMILES string of the molecule is Cc1ccc(S(=O)(=O)N2CCOC(C(N)=NO)C2)cc1C. The first-order chi connectivity index (χ1) is 9.86. The van der Waals surface area contributed by atoms with Crippen molar-refractivity contribution in [2.24, 2.45) is 10.9 Å². The Morgan fingerprint density at radius 3 is 2.76 bits per heavy atom. The molecule has 1 aliphatic heterocycles. The van der Waals surface area contributed by atoms with Gasteiger partial charge in [0.1, 0.15) is 6.10 Å². The van der Waals surface area contributed by atoms with Crippen molar-refractivity contribution in [3.05, 3.63) is 29.3 Å².